The SMILES string of the molecule is C.C.CCC(C)CC.CCC(CC)(CC)CC.CCCC(C)CC. The van der Waals surface area contributed by atoms with E-state index < -0.39 is 0 Å². The molecule has 0 heteroatoms. The van der Waals surface area contributed by atoms with Crippen LogP contribution in [-0.2, 0) is 0 Å². The number of hydrogen-bond acceptors (Lipinski definition) is 0. The van der Waals surface area contributed by atoms with Crippen molar-refractivity contribution in [1.82, 2.24) is 0 Å². The van der Waals surface area contributed by atoms with Crippen molar-refractivity contribution in [3.63, 3.8) is 0 Å². The Morgan fingerprint density at radius 2 is 0.833 bits per heavy atom. The van der Waals surface area contributed by atoms with E-state index >= 15 is 0 Å². The molecular weight excluding hydrogens is 288 g/mol. The van der Waals surface area contributed by atoms with Crippen molar-refractivity contribution >= 4 is 0 Å². The van der Waals surface area contributed by atoms with Crippen molar-refractivity contribution in [2.24, 2.45) is 17.3 Å². The van der Waals surface area contributed by atoms with Crippen LogP contribution in [0.3, 0.4) is 0 Å². The van der Waals surface area contributed by atoms with Crippen molar-refractivity contribution in [3.8, 4) is 0 Å². The highest BCUT2D eigenvalue weighted by molar-refractivity contribution is 4.72. The fraction of sp³-hybridized carbons (Fsp3) is 1.00. The van der Waals surface area contributed by atoms with Crippen LogP contribution in [0.5, 0.6) is 0 Å². The van der Waals surface area contributed by atoms with Crippen LogP contribution < -0.4 is 0 Å². The molecule has 24 heavy (non-hydrogen) atoms. The van der Waals surface area contributed by atoms with Crippen molar-refractivity contribution in [2.75, 3.05) is 0 Å². The molecule has 1 unspecified atom stereocenters. The van der Waals surface area contributed by atoms with Crippen LogP contribution in [0.4, 0.5) is 0 Å². The van der Waals surface area contributed by atoms with E-state index in [9.17, 15) is 0 Å². The average Bonchev–Trinajstić information content (AvgIpc) is 2.58. The van der Waals surface area contributed by atoms with E-state index in [4.69, 9.17) is 0 Å². The maximum absolute atomic E-state index is 2.31. The summed E-state index contributed by atoms with van der Waals surface area (Å²) in [6, 6.07) is 0. The highest BCUT2D eigenvalue weighted by Gasteiger charge is 2.20. The lowest BCUT2D eigenvalue weighted by molar-refractivity contribution is 0.240. The summed E-state index contributed by atoms with van der Waals surface area (Å²) in [5.41, 5.74) is 0.667. The van der Waals surface area contributed by atoms with Gasteiger partial charge in [0.2, 0.25) is 0 Å². The predicted molar refractivity (Wildman–Crippen MR) is 121 cm³/mol. The van der Waals surface area contributed by atoms with Crippen LogP contribution >= 0.6 is 0 Å². The van der Waals surface area contributed by atoms with E-state index in [-0.39, 0.29) is 14.9 Å². The minimum atomic E-state index is 0. The molecular formula is C24H58. The van der Waals surface area contributed by atoms with Crippen LogP contribution in [0.1, 0.15) is 142 Å². The van der Waals surface area contributed by atoms with Gasteiger partial charge in [0.15, 0.2) is 0 Å². The van der Waals surface area contributed by atoms with Crippen LogP contribution in [-0.4, -0.2) is 0 Å². The summed E-state index contributed by atoms with van der Waals surface area (Å²) in [6.07, 6.45) is 12.1. The third-order valence-corrected chi connectivity index (χ3v) is 5.87. The Morgan fingerprint density at radius 3 is 0.875 bits per heavy atom. The minimum absolute atomic E-state index is 0. The van der Waals surface area contributed by atoms with Crippen LogP contribution in [0.15, 0.2) is 0 Å². The first-order chi connectivity index (χ1) is 10.4. The van der Waals surface area contributed by atoms with Gasteiger partial charge >= 0.3 is 0 Å². The highest BCUT2D eigenvalue weighted by Crippen LogP contribution is 2.33. The fourth-order valence-electron chi connectivity index (χ4n) is 2.49. The molecule has 0 saturated heterocycles. The van der Waals surface area contributed by atoms with Gasteiger partial charge in [0.1, 0.15) is 0 Å². The molecule has 0 fully saturated rings. The minimum Gasteiger partial charge on any atom is -0.0776 e. The van der Waals surface area contributed by atoms with E-state index in [1.165, 1.54) is 57.8 Å². The fourth-order valence-corrected chi connectivity index (χ4v) is 2.49. The van der Waals surface area contributed by atoms with Gasteiger partial charge in [-0.05, 0) is 17.3 Å². The molecule has 0 heterocycles. The molecule has 0 aromatic rings. The second kappa shape index (κ2) is 25.2. The summed E-state index contributed by atoms with van der Waals surface area (Å²) >= 11 is 0. The smallest absolute Gasteiger partial charge is 0.0308 e. The second-order valence-corrected chi connectivity index (χ2v) is 7.14. The van der Waals surface area contributed by atoms with Crippen molar-refractivity contribution < 1.29 is 0 Å². The van der Waals surface area contributed by atoms with Gasteiger partial charge in [0.25, 0.3) is 0 Å². The van der Waals surface area contributed by atoms with Gasteiger partial charge in [-0.15, -0.1) is 0 Å². The molecule has 0 nitrogen and oxygen atoms in total. The third-order valence-electron chi connectivity index (χ3n) is 5.87. The molecule has 0 spiro atoms. The lowest BCUT2D eigenvalue weighted by atomic mass is 9.78. The molecule has 0 N–H and O–H groups in total. The molecule has 0 aliphatic heterocycles. The molecule has 154 valence electrons. The first-order valence-corrected chi connectivity index (χ1v) is 10.4. The Labute approximate surface area is 159 Å². The first-order valence-electron chi connectivity index (χ1n) is 10.4. The van der Waals surface area contributed by atoms with Gasteiger partial charge in [-0.25, -0.2) is 0 Å². The quantitative estimate of drug-likeness (QED) is 0.389. The van der Waals surface area contributed by atoms with Gasteiger partial charge in [-0.1, -0.05) is 142 Å². The molecule has 0 aliphatic carbocycles. The zero-order valence-electron chi connectivity index (χ0n) is 18.0. The van der Waals surface area contributed by atoms with E-state index in [1.54, 1.807) is 0 Å². The molecule has 0 amide bonds. The summed E-state index contributed by atoms with van der Waals surface area (Å²) in [5, 5.41) is 0. The Kier molecular flexibility index (Phi) is 37.0. The molecule has 0 radical (unpaired) electrons. The number of hydrogen-bond donors (Lipinski definition) is 0. The van der Waals surface area contributed by atoms with Gasteiger partial charge in [-0.2, -0.15) is 0 Å². The Morgan fingerprint density at radius 1 is 0.542 bits per heavy atom. The summed E-state index contributed by atoms with van der Waals surface area (Å²) in [4.78, 5) is 0. The van der Waals surface area contributed by atoms with Crippen molar-refractivity contribution in [2.45, 2.75) is 142 Å². The zero-order chi connectivity index (χ0) is 18.0. The van der Waals surface area contributed by atoms with Crippen molar-refractivity contribution in [1.29, 1.82) is 0 Å². The standard InChI is InChI=1S/C9H20.C7H16.C6H14.2CH4/c1-5-9(6-2,7-3)8-4;1-4-6-7(3)5-2;1-4-6(3)5-2;;/h5-8H2,1-4H3;7H,4-6H2,1-3H3;6H,4-5H2,1-3H3;2*1H4. The largest absolute Gasteiger partial charge is 0.0776 e. The predicted octanol–water partition coefficient (Wildman–Crippen LogP) is 10.2. The highest BCUT2D eigenvalue weighted by atomic mass is 14.3. The van der Waals surface area contributed by atoms with Gasteiger partial charge in [-0.3, -0.25) is 0 Å². The average molecular weight is 347 g/mol. The molecule has 1 atom stereocenters. The normalized spacial score (nSPS) is 11.1. The monoisotopic (exact) mass is 346 g/mol. The molecule has 0 aliphatic rings. The van der Waals surface area contributed by atoms with Gasteiger partial charge in [0.05, 0.1) is 0 Å². The summed E-state index contributed by atoms with van der Waals surface area (Å²) < 4.78 is 0. The summed E-state index contributed by atoms with van der Waals surface area (Å²) in [6.45, 7) is 22.7. The third kappa shape index (κ3) is 22.0. The lowest BCUT2D eigenvalue weighted by Crippen LogP contribution is -2.15. The Hall–Kier alpha value is 0. The molecule has 0 saturated carbocycles. The van der Waals surface area contributed by atoms with Crippen molar-refractivity contribution in [3.05, 3.63) is 0 Å². The number of rotatable bonds is 9. The summed E-state index contributed by atoms with van der Waals surface area (Å²) in [7, 11) is 0. The first kappa shape index (κ1) is 35.2. The van der Waals surface area contributed by atoms with E-state index in [1.807, 2.05) is 0 Å². The van der Waals surface area contributed by atoms with Crippen LogP contribution in [0.2, 0.25) is 0 Å². The topological polar surface area (TPSA) is 0 Å². The lowest BCUT2D eigenvalue weighted by Gasteiger charge is -2.28. The molecule has 0 rings (SSSR count). The second-order valence-electron chi connectivity index (χ2n) is 7.14. The van der Waals surface area contributed by atoms with E-state index in [0.29, 0.717) is 5.41 Å². The zero-order valence-corrected chi connectivity index (χ0v) is 18.0. The maximum Gasteiger partial charge on any atom is -0.0308 e. The Balaban J connectivity index is -0.0000000737. The van der Waals surface area contributed by atoms with Gasteiger partial charge in [0, 0.05) is 0 Å². The molecule has 0 aromatic heterocycles. The van der Waals surface area contributed by atoms with Crippen LogP contribution in [0, 0.1) is 17.3 Å². The Bertz CT molecular complexity index is 157. The molecule has 0 aromatic carbocycles. The van der Waals surface area contributed by atoms with Crippen LogP contribution in [0.25, 0.3) is 0 Å². The van der Waals surface area contributed by atoms with E-state index in [0.717, 1.165) is 11.8 Å². The molecule has 0 bridgehead atoms. The van der Waals surface area contributed by atoms with Gasteiger partial charge < -0.3 is 0 Å². The summed E-state index contributed by atoms with van der Waals surface area (Å²) in [5.74, 6) is 1.88. The maximum atomic E-state index is 2.31. The van der Waals surface area contributed by atoms with E-state index in [2.05, 4.69) is 69.2 Å².